The Morgan fingerprint density at radius 1 is 1.30 bits per heavy atom. The summed E-state index contributed by atoms with van der Waals surface area (Å²) >= 11 is 0. The summed E-state index contributed by atoms with van der Waals surface area (Å²) in [6, 6.07) is 5.26. The van der Waals surface area contributed by atoms with Gasteiger partial charge in [-0.2, -0.15) is 0 Å². The summed E-state index contributed by atoms with van der Waals surface area (Å²) in [5.41, 5.74) is 6.17. The van der Waals surface area contributed by atoms with Crippen molar-refractivity contribution >= 4 is 16.0 Å². The van der Waals surface area contributed by atoms with Crippen molar-refractivity contribution in [1.29, 1.82) is 0 Å². The molecule has 2 rings (SSSR count). The number of rotatable bonds is 4. The summed E-state index contributed by atoms with van der Waals surface area (Å²) in [4.78, 5) is 11.4. The van der Waals surface area contributed by atoms with Crippen molar-refractivity contribution in [3.8, 4) is 0 Å². The molecule has 0 saturated heterocycles. The van der Waals surface area contributed by atoms with Crippen molar-refractivity contribution in [3.63, 3.8) is 0 Å². The average Bonchev–Trinajstić information content (AvgIpc) is 2.83. The predicted octanol–water partition coefficient (Wildman–Crippen LogP) is 0.631. The Morgan fingerprint density at radius 3 is 2.45 bits per heavy atom. The van der Waals surface area contributed by atoms with Crippen LogP contribution in [-0.2, 0) is 14.8 Å². The van der Waals surface area contributed by atoms with Gasteiger partial charge in [0.25, 0.3) is 0 Å². The number of esters is 1. The van der Waals surface area contributed by atoms with E-state index in [4.69, 9.17) is 5.73 Å². The molecule has 20 heavy (non-hydrogen) atoms. The summed E-state index contributed by atoms with van der Waals surface area (Å²) < 4.78 is 31.6. The Bertz CT molecular complexity index is 583. The maximum absolute atomic E-state index is 12.2. The Balaban J connectivity index is 2.15. The third-order valence-electron chi connectivity index (χ3n) is 3.46. The molecule has 1 fully saturated rings. The van der Waals surface area contributed by atoms with Crippen LogP contribution < -0.4 is 10.5 Å². The predicted molar refractivity (Wildman–Crippen MR) is 73.7 cm³/mol. The van der Waals surface area contributed by atoms with Gasteiger partial charge in [0, 0.05) is 12.1 Å². The van der Waals surface area contributed by atoms with Crippen LogP contribution >= 0.6 is 0 Å². The summed E-state index contributed by atoms with van der Waals surface area (Å²) in [7, 11) is -2.33. The molecule has 0 spiro atoms. The van der Waals surface area contributed by atoms with Crippen molar-refractivity contribution in [3.05, 3.63) is 29.8 Å². The summed E-state index contributed by atoms with van der Waals surface area (Å²) in [5.74, 6) is -0.500. The number of benzene rings is 1. The van der Waals surface area contributed by atoms with Crippen LogP contribution in [0.2, 0.25) is 0 Å². The van der Waals surface area contributed by atoms with Gasteiger partial charge in [0.2, 0.25) is 10.0 Å². The number of methoxy groups -OCH3 is 1. The highest BCUT2D eigenvalue weighted by atomic mass is 32.2. The molecule has 110 valence electrons. The second-order valence-electron chi connectivity index (χ2n) is 4.84. The number of carbonyl (C=O) groups is 1. The van der Waals surface area contributed by atoms with Crippen molar-refractivity contribution < 1.29 is 17.9 Å². The van der Waals surface area contributed by atoms with Crippen LogP contribution in [0.3, 0.4) is 0 Å². The lowest BCUT2D eigenvalue weighted by Crippen LogP contribution is -2.43. The van der Waals surface area contributed by atoms with E-state index in [1.807, 2.05) is 0 Å². The number of hydrogen-bond acceptors (Lipinski definition) is 5. The van der Waals surface area contributed by atoms with Crippen LogP contribution in [0.15, 0.2) is 29.2 Å². The number of carbonyl (C=O) groups excluding carboxylic acids is 1. The van der Waals surface area contributed by atoms with Crippen molar-refractivity contribution in [1.82, 2.24) is 4.72 Å². The molecule has 0 heterocycles. The Kier molecular flexibility index (Phi) is 4.42. The quantitative estimate of drug-likeness (QED) is 0.794. The molecule has 1 aliphatic carbocycles. The van der Waals surface area contributed by atoms with Gasteiger partial charge in [-0.25, -0.2) is 17.9 Å². The zero-order valence-electron chi connectivity index (χ0n) is 11.2. The van der Waals surface area contributed by atoms with Crippen LogP contribution in [-0.4, -0.2) is 33.6 Å². The molecule has 0 radical (unpaired) electrons. The Morgan fingerprint density at radius 2 is 1.95 bits per heavy atom. The number of hydrogen-bond donors (Lipinski definition) is 2. The molecule has 1 aromatic rings. The fraction of sp³-hybridized carbons (Fsp3) is 0.462. The first kappa shape index (κ1) is 15.0. The molecule has 0 amide bonds. The number of nitrogens with one attached hydrogen (secondary N) is 1. The van der Waals surface area contributed by atoms with Crippen LogP contribution in [0, 0.1) is 0 Å². The van der Waals surface area contributed by atoms with E-state index in [-0.39, 0.29) is 17.0 Å². The van der Waals surface area contributed by atoms with Gasteiger partial charge in [0.05, 0.1) is 17.6 Å². The number of ether oxygens (including phenoxy) is 1. The first-order valence-corrected chi connectivity index (χ1v) is 7.88. The molecule has 2 unspecified atom stereocenters. The molecular weight excluding hydrogens is 280 g/mol. The Labute approximate surface area is 118 Å². The van der Waals surface area contributed by atoms with Crippen LogP contribution in [0.1, 0.15) is 29.6 Å². The highest BCUT2D eigenvalue weighted by molar-refractivity contribution is 7.89. The molecule has 0 aromatic heterocycles. The van der Waals surface area contributed by atoms with Crippen LogP contribution in [0.4, 0.5) is 0 Å². The highest BCUT2D eigenvalue weighted by Crippen LogP contribution is 2.20. The lowest BCUT2D eigenvalue weighted by molar-refractivity contribution is 0.0600. The largest absolute Gasteiger partial charge is 0.465 e. The van der Waals surface area contributed by atoms with Gasteiger partial charge in [-0.15, -0.1) is 0 Å². The van der Waals surface area contributed by atoms with E-state index in [0.717, 1.165) is 19.3 Å². The number of nitrogens with two attached hydrogens (primary N) is 1. The van der Waals surface area contributed by atoms with Gasteiger partial charge in [0.1, 0.15) is 0 Å². The molecule has 0 aliphatic heterocycles. The molecule has 1 saturated carbocycles. The third kappa shape index (κ3) is 3.17. The maximum atomic E-state index is 12.2. The van der Waals surface area contributed by atoms with Gasteiger partial charge in [0.15, 0.2) is 0 Å². The van der Waals surface area contributed by atoms with E-state index in [2.05, 4.69) is 9.46 Å². The SMILES string of the molecule is COC(=O)c1ccc(S(=O)(=O)NC2CCCC2N)cc1. The van der Waals surface area contributed by atoms with Crippen molar-refractivity contribution in [2.24, 2.45) is 5.73 Å². The average molecular weight is 298 g/mol. The first-order valence-electron chi connectivity index (χ1n) is 6.40. The zero-order chi connectivity index (χ0) is 14.8. The topological polar surface area (TPSA) is 98.5 Å². The van der Waals surface area contributed by atoms with Crippen molar-refractivity contribution in [2.45, 2.75) is 36.2 Å². The summed E-state index contributed by atoms with van der Waals surface area (Å²) in [6.07, 6.45) is 2.50. The third-order valence-corrected chi connectivity index (χ3v) is 4.97. The van der Waals surface area contributed by atoms with E-state index >= 15 is 0 Å². The molecule has 1 aliphatic rings. The molecule has 7 heteroatoms. The Hall–Kier alpha value is -1.44. The van der Waals surface area contributed by atoms with Gasteiger partial charge in [-0.1, -0.05) is 6.42 Å². The van der Waals surface area contributed by atoms with Gasteiger partial charge in [-0.05, 0) is 37.1 Å². The summed E-state index contributed by atoms with van der Waals surface area (Å²) in [5, 5.41) is 0. The van der Waals surface area contributed by atoms with E-state index in [1.165, 1.54) is 31.4 Å². The van der Waals surface area contributed by atoms with Crippen LogP contribution in [0.25, 0.3) is 0 Å². The minimum absolute atomic E-state index is 0.115. The standard InChI is InChI=1S/C13H18N2O4S/c1-19-13(16)9-5-7-10(8-6-9)20(17,18)15-12-4-2-3-11(12)14/h5-8,11-12,15H,2-4,14H2,1H3. The minimum Gasteiger partial charge on any atom is -0.465 e. The normalized spacial score (nSPS) is 22.7. The smallest absolute Gasteiger partial charge is 0.337 e. The first-order chi connectivity index (χ1) is 9.44. The molecule has 6 nitrogen and oxygen atoms in total. The van der Waals surface area contributed by atoms with Gasteiger partial charge >= 0.3 is 5.97 Å². The number of sulfonamides is 1. The lowest BCUT2D eigenvalue weighted by Gasteiger charge is -2.17. The van der Waals surface area contributed by atoms with Gasteiger partial charge < -0.3 is 10.5 Å². The molecule has 0 bridgehead atoms. The highest BCUT2D eigenvalue weighted by Gasteiger charge is 2.28. The minimum atomic E-state index is -3.61. The van der Waals surface area contributed by atoms with Crippen molar-refractivity contribution in [2.75, 3.05) is 7.11 Å². The zero-order valence-corrected chi connectivity index (χ0v) is 12.0. The second-order valence-corrected chi connectivity index (χ2v) is 6.55. The monoisotopic (exact) mass is 298 g/mol. The molecular formula is C13H18N2O4S. The van der Waals surface area contributed by atoms with E-state index in [9.17, 15) is 13.2 Å². The summed E-state index contributed by atoms with van der Waals surface area (Å²) in [6.45, 7) is 0. The lowest BCUT2D eigenvalue weighted by atomic mass is 10.2. The maximum Gasteiger partial charge on any atom is 0.337 e. The fourth-order valence-electron chi connectivity index (χ4n) is 2.29. The van der Waals surface area contributed by atoms with Gasteiger partial charge in [-0.3, -0.25) is 0 Å². The van der Waals surface area contributed by atoms with E-state index in [0.29, 0.717) is 5.56 Å². The molecule has 3 N–H and O–H groups in total. The second kappa shape index (κ2) is 5.90. The van der Waals surface area contributed by atoms with Crippen LogP contribution in [0.5, 0.6) is 0 Å². The van der Waals surface area contributed by atoms with E-state index in [1.54, 1.807) is 0 Å². The fourth-order valence-corrected chi connectivity index (χ4v) is 3.61. The molecule has 1 aromatic carbocycles. The molecule has 2 atom stereocenters. The van der Waals surface area contributed by atoms with E-state index < -0.39 is 16.0 Å².